The lowest BCUT2D eigenvalue weighted by molar-refractivity contribution is -0.118. The molecule has 1 aliphatic rings. The Balaban J connectivity index is 1.96. The van der Waals surface area contributed by atoms with Gasteiger partial charge in [-0.15, -0.1) is 0 Å². The Bertz CT molecular complexity index is 540. The van der Waals surface area contributed by atoms with Crippen molar-refractivity contribution in [3.05, 3.63) is 29.8 Å². The molecule has 0 unspecified atom stereocenters. The minimum atomic E-state index is -0.166. The molecule has 1 aromatic rings. The predicted molar refractivity (Wildman–Crippen MR) is 89.5 cm³/mol. The Kier molecular flexibility index (Phi) is 6.55. The number of amides is 2. The van der Waals surface area contributed by atoms with E-state index in [1.54, 1.807) is 18.2 Å². The fourth-order valence-electron chi connectivity index (χ4n) is 2.33. The van der Waals surface area contributed by atoms with Crippen molar-refractivity contribution in [3.8, 4) is 0 Å². The molecule has 0 aromatic heterocycles. The standard InChI is InChI=1S/C17H25N3O3/c1-13(2)11-18-17(22)14-5-3-4-6-15(14)19-16(21)12-20-7-9-23-10-8-20/h3-6,13H,7-12H2,1-2H3,(H,18,22)(H,19,21). The Morgan fingerprint density at radius 2 is 1.91 bits per heavy atom. The summed E-state index contributed by atoms with van der Waals surface area (Å²) < 4.78 is 5.27. The summed E-state index contributed by atoms with van der Waals surface area (Å²) in [4.78, 5) is 26.5. The summed E-state index contributed by atoms with van der Waals surface area (Å²) >= 11 is 0. The van der Waals surface area contributed by atoms with Crippen molar-refractivity contribution in [3.63, 3.8) is 0 Å². The van der Waals surface area contributed by atoms with Gasteiger partial charge in [0.2, 0.25) is 5.91 Å². The van der Waals surface area contributed by atoms with Crippen LogP contribution in [-0.4, -0.2) is 56.1 Å². The Morgan fingerprint density at radius 3 is 2.61 bits per heavy atom. The number of carbonyl (C=O) groups is 2. The third-order valence-corrected chi connectivity index (χ3v) is 3.59. The Labute approximate surface area is 137 Å². The van der Waals surface area contributed by atoms with Gasteiger partial charge in [0.15, 0.2) is 0 Å². The van der Waals surface area contributed by atoms with E-state index >= 15 is 0 Å². The molecule has 1 saturated heterocycles. The van der Waals surface area contributed by atoms with Crippen molar-refractivity contribution in [2.45, 2.75) is 13.8 Å². The molecule has 23 heavy (non-hydrogen) atoms. The maximum Gasteiger partial charge on any atom is 0.253 e. The van der Waals surface area contributed by atoms with Crippen LogP contribution < -0.4 is 10.6 Å². The van der Waals surface area contributed by atoms with Crippen LogP contribution in [-0.2, 0) is 9.53 Å². The van der Waals surface area contributed by atoms with Gasteiger partial charge in [-0.1, -0.05) is 26.0 Å². The fraction of sp³-hybridized carbons (Fsp3) is 0.529. The summed E-state index contributed by atoms with van der Waals surface area (Å²) in [6.45, 7) is 7.81. The molecule has 0 bridgehead atoms. The highest BCUT2D eigenvalue weighted by Crippen LogP contribution is 2.15. The molecule has 2 rings (SSSR count). The number of hydrogen-bond acceptors (Lipinski definition) is 4. The van der Waals surface area contributed by atoms with Crippen molar-refractivity contribution in [1.29, 1.82) is 0 Å². The van der Waals surface area contributed by atoms with Crippen LogP contribution in [0.25, 0.3) is 0 Å². The van der Waals surface area contributed by atoms with E-state index in [4.69, 9.17) is 4.74 Å². The van der Waals surface area contributed by atoms with E-state index in [9.17, 15) is 9.59 Å². The van der Waals surface area contributed by atoms with E-state index in [-0.39, 0.29) is 11.8 Å². The highest BCUT2D eigenvalue weighted by molar-refractivity contribution is 6.04. The molecular formula is C17H25N3O3. The molecule has 0 radical (unpaired) electrons. The summed E-state index contributed by atoms with van der Waals surface area (Å²) in [6.07, 6.45) is 0. The lowest BCUT2D eigenvalue weighted by Gasteiger charge is -2.25. The summed E-state index contributed by atoms with van der Waals surface area (Å²) in [5, 5.41) is 5.72. The van der Waals surface area contributed by atoms with Crippen LogP contribution in [0.15, 0.2) is 24.3 Å². The van der Waals surface area contributed by atoms with Gasteiger partial charge in [-0.05, 0) is 18.1 Å². The molecule has 2 N–H and O–H groups in total. The van der Waals surface area contributed by atoms with E-state index in [0.717, 1.165) is 13.1 Å². The van der Waals surface area contributed by atoms with Crippen LogP contribution in [0.5, 0.6) is 0 Å². The van der Waals surface area contributed by atoms with Crippen molar-refractivity contribution in [1.82, 2.24) is 10.2 Å². The van der Waals surface area contributed by atoms with Crippen molar-refractivity contribution in [2.24, 2.45) is 5.92 Å². The number of anilines is 1. The van der Waals surface area contributed by atoms with Gasteiger partial charge in [-0.2, -0.15) is 0 Å². The minimum Gasteiger partial charge on any atom is -0.379 e. The molecule has 1 heterocycles. The first-order chi connectivity index (χ1) is 11.1. The number of nitrogens with zero attached hydrogens (tertiary/aromatic N) is 1. The van der Waals surface area contributed by atoms with E-state index in [2.05, 4.69) is 10.6 Å². The molecular weight excluding hydrogens is 294 g/mol. The van der Waals surface area contributed by atoms with Crippen LogP contribution >= 0.6 is 0 Å². The van der Waals surface area contributed by atoms with Gasteiger partial charge in [-0.3, -0.25) is 14.5 Å². The second kappa shape index (κ2) is 8.64. The first-order valence-corrected chi connectivity index (χ1v) is 8.03. The highest BCUT2D eigenvalue weighted by Gasteiger charge is 2.17. The maximum atomic E-state index is 12.3. The second-order valence-corrected chi connectivity index (χ2v) is 6.09. The minimum absolute atomic E-state index is 0.115. The van der Waals surface area contributed by atoms with Crippen molar-refractivity contribution < 1.29 is 14.3 Å². The number of benzene rings is 1. The highest BCUT2D eigenvalue weighted by atomic mass is 16.5. The van der Waals surface area contributed by atoms with Crippen LogP contribution in [0.1, 0.15) is 24.2 Å². The SMILES string of the molecule is CC(C)CNC(=O)c1ccccc1NC(=O)CN1CCOCC1. The largest absolute Gasteiger partial charge is 0.379 e. The summed E-state index contributed by atoms with van der Waals surface area (Å²) in [6, 6.07) is 7.08. The number of carbonyl (C=O) groups excluding carboxylic acids is 2. The average molecular weight is 319 g/mol. The van der Waals surface area contributed by atoms with Crippen LogP contribution in [0.2, 0.25) is 0 Å². The van der Waals surface area contributed by atoms with Crippen molar-refractivity contribution >= 4 is 17.5 Å². The van der Waals surface area contributed by atoms with Crippen LogP contribution in [0.4, 0.5) is 5.69 Å². The quantitative estimate of drug-likeness (QED) is 0.830. The molecule has 1 aliphatic heterocycles. The number of morpholine rings is 1. The second-order valence-electron chi connectivity index (χ2n) is 6.09. The summed E-state index contributed by atoms with van der Waals surface area (Å²) in [5.41, 5.74) is 1.04. The van der Waals surface area contributed by atoms with Gasteiger partial charge in [0.05, 0.1) is 31.0 Å². The summed E-state index contributed by atoms with van der Waals surface area (Å²) in [7, 11) is 0. The van der Waals surface area contributed by atoms with Gasteiger partial charge < -0.3 is 15.4 Å². The van der Waals surface area contributed by atoms with E-state index in [0.29, 0.717) is 43.5 Å². The molecule has 0 aliphatic carbocycles. The molecule has 0 spiro atoms. The summed E-state index contributed by atoms with van der Waals surface area (Å²) in [5.74, 6) is 0.0963. The number of rotatable bonds is 6. The van der Waals surface area contributed by atoms with Gasteiger partial charge in [0.1, 0.15) is 0 Å². The van der Waals surface area contributed by atoms with Gasteiger partial charge in [0, 0.05) is 19.6 Å². The number of nitrogens with one attached hydrogen (secondary N) is 2. The molecule has 0 atom stereocenters. The first kappa shape index (κ1) is 17.4. The Hall–Kier alpha value is -1.92. The smallest absolute Gasteiger partial charge is 0.253 e. The van der Waals surface area contributed by atoms with Gasteiger partial charge >= 0.3 is 0 Å². The topological polar surface area (TPSA) is 70.7 Å². The van der Waals surface area contributed by atoms with E-state index < -0.39 is 0 Å². The first-order valence-electron chi connectivity index (χ1n) is 8.03. The Morgan fingerprint density at radius 1 is 1.22 bits per heavy atom. The van der Waals surface area contributed by atoms with Crippen LogP contribution in [0.3, 0.4) is 0 Å². The third kappa shape index (κ3) is 5.65. The maximum absolute atomic E-state index is 12.3. The lowest BCUT2D eigenvalue weighted by Crippen LogP contribution is -2.41. The fourth-order valence-corrected chi connectivity index (χ4v) is 2.33. The lowest BCUT2D eigenvalue weighted by atomic mass is 10.1. The zero-order valence-corrected chi connectivity index (χ0v) is 13.8. The van der Waals surface area contributed by atoms with Crippen molar-refractivity contribution in [2.75, 3.05) is 44.7 Å². The monoisotopic (exact) mass is 319 g/mol. The molecule has 0 saturated carbocycles. The molecule has 1 fully saturated rings. The predicted octanol–water partition coefficient (Wildman–Crippen LogP) is 1.34. The third-order valence-electron chi connectivity index (χ3n) is 3.59. The van der Waals surface area contributed by atoms with E-state index in [1.165, 1.54) is 0 Å². The van der Waals surface area contributed by atoms with Crippen LogP contribution in [0, 0.1) is 5.92 Å². The number of ether oxygens (including phenoxy) is 1. The van der Waals surface area contributed by atoms with Gasteiger partial charge in [-0.25, -0.2) is 0 Å². The zero-order valence-electron chi connectivity index (χ0n) is 13.8. The molecule has 6 heteroatoms. The normalized spacial score (nSPS) is 15.4. The van der Waals surface area contributed by atoms with Gasteiger partial charge in [0.25, 0.3) is 5.91 Å². The number of hydrogen-bond donors (Lipinski definition) is 2. The number of para-hydroxylation sites is 1. The molecule has 2 amide bonds. The zero-order chi connectivity index (χ0) is 16.7. The van der Waals surface area contributed by atoms with E-state index in [1.807, 2.05) is 24.8 Å². The molecule has 126 valence electrons. The molecule has 1 aromatic carbocycles. The molecule has 6 nitrogen and oxygen atoms in total. The average Bonchev–Trinajstić information content (AvgIpc) is 2.54.